The summed E-state index contributed by atoms with van der Waals surface area (Å²) in [6.07, 6.45) is -4.42. The number of alkyl halides is 3. The largest absolute Gasteiger partial charge is 0.416 e. The van der Waals surface area contributed by atoms with Crippen LogP contribution >= 0.6 is 12.4 Å². The number of nitrogens with one attached hydrogen (secondary N) is 1. The third-order valence-corrected chi connectivity index (χ3v) is 3.09. The zero-order valence-electron chi connectivity index (χ0n) is 10.9. The van der Waals surface area contributed by atoms with Crippen LogP contribution in [0, 0.1) is 0 Å². The molecule has 1 aromatic carbocycles. The molecule has 3 nitrogen and oxygen atoms in total. The Hall–Kier alpha value is -1.27. The van der Waals surface area contributed by atoms with Crippen molar-refractivity contribution in [2.24, 2.45) is 0 Å². The van der Waals surface area contributed by atoms with Crippen molar-refractivity contribution in [2.75, 3.05) is 19.6 Å². The molecule has 1 unspecified atom stereocenters. The van der Waals surface area contributed by atoms with Crippen LogP contribution in [-0.4, -0.2) is 36.5 Å². The Kier molecular flexibility index (Phi) is 5.42. The van der Waals surface area contributed by atoms with Crippen molar-refractivity contribution in [1.82, 2.24) is 10.2 Å². The molecule has 1 fully saturated rings. The molecule has 0 aromatic heterocycles. The van der Waals surface area contributed by atoms with Gasteiger partial charge in [-0.2, -0.15) is 13.2 Å². The van der Waals surface area contributed by atoms with Gasteiger partial charge in [0.05, 0.1) is 5.56 Å². The molecule has 7 heteroatoms. The van der Waals surface area contributed by atoms with Crippen LogP contribution in [0.25, 0.3) is 0 Å². The molecule has 1 amide bonds. The third-order valence-electron chi connectivity index (χ3n) is 3.09. The number of amides is 1. The van der Waals surface area contributed by atoms with Crippen molar-refractivity contribution in [3.8, 4) is 0 Å². The van der Waals surface area contributed by atoms with E-state index in [2.05, 4.69) is 5.32 Å². The van der Waals surface area contributed by atoms with Gasteiger partial charge in [-0.3, -0.25) is 4.79 Å². The molecule has 0 aliphatic carbocycles. The molecule has 1 N–H and O–H groups in total. The summed E-state index contributed by atoms with van der Waals surface area (Å²) in [4.78, 5) is 13.7. The van der Waals surface area contributed by atoms with E-state index in [0.717, 1.165) is 12.1 Å². The molecular formula is C13H16ClF3N2O. The Morgan fingerprint density at radius 1 is 1.40 bits per heavy atom. The number of halogens is 4. The van der Waals surface area contributed by atoms with Crippen LogP contribution in [0.2, 0.25) is 0 Å². The summed E-state index contributed by atoms with van der Waals surface area (Å²) in [7, 11) is 0. The molecule has 1 heterocycles. The molecule has 1 aromatic rings. The molecular weight excluding hydrogens is 293 g/mol. The normalized spacial score (nSPS) is 19.4. The van der Waals surface area contributed by atoms with Crippen molar-refractivity contribution >= 4 is 18.3 Å². The smallest absolute Gasteiger partial charge is 0.336 e. The number of rotatable bonds is 1. The monoisotopic (exact) mass is 308 g/mol. The van der Waals surface area contributed by atoms with Crippen LogP contribution in [0.1, 0.15) is 22.8 Å². The van der Waals surface area contributed by atoms with E-state index in [1.54, 1.807) is 4.90 Å². The summed E-state index contributed by atoms with van der Waals surface area (Å²) in [5.74, 6) is -0.348. The fourth-order valence-corrected chi connectivity index (χ4v) is 2.13. The van der Waals surface area contributed by atoms with Crippen LogP contribution in [0.4, 0.5) is 13.2 Å². The molecule has 112 valence electrons. The standard InChI is InChI=1S/C13H15F3N2O.ClH/c1-9-8-18(6-5-17-9)12(19)10-3-2-4-11(7-10)13(14,15)16;/h2-4,7,9,17H,5-6,8H2,1H3;1H. The molecule has 20 heavy (non-hydrogen) atoms. The Balaban J connectivity index is 0.00000200. The summed E-state index contributed by atoms with van der Waals surface area (Å²) in [6, 6.07) is 4.72. The fourth-order valence-electron chi connectivity index (χ4n) is 2.13. The summed E-state index contributed by atoms with van der Waals surface area (Å²) >= 11 is 0. The highest BCUT2D eigenvalue weighted by atomic mass is 35.5. The second-order valence-corrected chi connectivity index (χ2v) is 4.68. The third kappa shape index (κ3) is 3.86. The lowest BCUT2D eigenvalue weighted by Gasteiger charge is -2.32. The maximum absolute atomic E-state index is 12.6. The lowest BCUT2D eigenvalue weighted by molar-refractivity contribution is -0.137. The van der Waals surface area contributed by atoms with Crippen molar-refractivity contribution in [1.29, 1.82) is 0 Å². The van der Waals surface area contributed by atoms with Crippen LogP contribution in [0.5, 0.6) is 0 Å². The number of carbonyl (C=O) groups is 1. The van der Waals surface area contributed by atoms with Gasteiger partial charge >= 0.3 is 6.18 Å². The van der Waals surface area contributed by atoms with Gasteiger partial charge in [-0.25, -0.2) is 0 Å². The zero-order chi connectivity index (χ0) is 14.0. The first-order valence-corrected chi connectivity index (χ1v) is 6.08. The average Bonchev–Trinajstić information content (AvgIpc) is 2.37. The first kappa shape index (κ1) is 16.8. The number of carbonyl (C=O) groups excluding carboxylic acids is 1. The number of hydrogen-bond donors (Lipinski definition) is 1. The molecule has 1 atom stereocenters. The van der Waals surface area contributed by atoms with Crippen molar-refractivity contribution < 1.29 is 18.0 Å². The highest BCUT2D eigenvalue weighted by Crippen LogP contribution is 2.29. The van der Waals surface area contributed by atoms with Crippen LogP contribution in [0.3, 0.4) is 0 Å². The molecule has 1 aliphatic rings. The van der Waals surface area contributed by atoms with Crippen molar-refractivity contribution in [2.45, 2.75) is 19.1 Å². The van der Waals surface area contributed by atoms with E-state index in [1.807, 2.05) is 6.92 Å². The number of piperazine rings is 1. The number of nitrogens with zero attached hydrogens (tertiary/aromatic N) is 1. The summed E-state index contributed by atoms with van der Waals surface area (Å²) in [5, 5.41) is 3.18. The summed E-state index contributed by atoms with van der Waals surface area (Å²) in [5.41, 5.74) is -0.703. The van der Waals surface area contributed by atoms with E-state index in [1.165, 1.54) is 12.1 Å². The molecule has 1 saturated heterocycles. The molecule has 0 saturated carbocycles. The second-order valence-electron chi connectivity index (χ2n) is 4.68. The number of hydrogen-bond acceptors (Lipinski definition) is 2. The minimum Gasteiger partial charge on any atom is -0.336 e. The highest BCUT2D eigenvalue weighted by molar-refractivity contribution is 5.94. The van der Waals surface area contributed by atoms with E-state index in [-0.39, 0.29) is 29.9 Å². The average molecular weight is 309 g/mol. The molecule has 2 rings (SSSR count). The van der Waals surface area contributed by atoms with Gasteiger partial charge in [-0.15, -0.1) is 12.4 Å². The quantitative estimate of drug-likeness (QED) is 0.865. The van der Waals surface area contributed by atoms with Crippen LogP contribution in [-0.2, 0) is 6.18 Å². The van der Waals surface area contributed by atoms with Gasteiger partial charge < -0.3 is 10.2 Å². The van der Waals surface area contributed by atoms with E-state index in [9.17, 15) is 18.0 Å². The first-order chi connectivity index (χ1) is 8.88. The Bertz CT molecular complexity index is 479. The SMILES string of the molecule is CC1CN(C(=O)c2cccc(C(F)(F)F)c2)CCN1.Cl. The Labute approximate surface area is 121 Å². The predicted octanol–water partition coefficient (Wildman–Crippen LogP) is 2.56. The fraction of sp³-hybridized carbons (Fsp3) is 0.462. The molecule has 0 radical (unpaired) electrons. The lowest BCUT2D eigenvalue weighted by Crippen LogP contribution is -2.51. The topological polar surface area (TPSA) is 32.3 Å². The first-order valence-electron chi connectivity index (χ1n) is 6.08. The minimum absolute atomic E-state index is 0. The van der Waals surface area contributed by atoms with Crippen LogP contribution in [0.15, 0.2) is 24.3 Å². The Morgan fingerprint density at radius 2 is 2.10 bits per heavy atom. The number of benzene rings is 1. The molecule has 1 aliphatic heterocycles. The molecule has 0 bridgehead atoms. The van der Waals surface area contributed by atoms with Crippen molar-refractivity contribution in [3.63, 3.8) is 0 Å². The van der Waals surface area contributed by atoms with Gasteiger partial charge in [0.2, 0.25) is 0 Å². The van der Waals surface area contributed by atoms with Gasteiger partial charge in [0, 0.05) is 31.2 Å². The Morgan fingerprint density at radius 3 is 2.70 bits per heavy atom. The van der Waals surface area contributed by atoms with E-state index in [0.29, 0.717) is 19.6 Å². The lowest BCUT2D eigenvalue weighted by atomic mass is 10.1. The highest BCUT2D eigenvalue weighted by Gasteiger charge is 2.31. The van der Waals surface area contributed by atoms with Crippen molar-refractivity contribution in [3.05, 3.63) is 35.4 Å². The van der Waals surface area contributed by atoms with Gasteiger partial charge in [0.25, 0.3) is 5.91 Å². The minimum atomic E-state index is -4.42. The van der Waals surface area contributed by atoms with Gasteiger partial charge in [-0.05, 0) is 25.1 Å². The second kappa shape index (κ2) is 6.45. The van der Waals surface area contributed by atoms with Gasteiger partial charge in [-0.1, -0.05) is 6.07 Å². The van der Waals surface area contributed by atoms with E-state index >= 15 is 0 Å². The maximum Gasteiger partial charge on any atom is 0.416 e. The van der Waals surface area contributed by atoms with Crippen LogP contribution < -0.4 is 5.32 Å². The van der Waals surface area contributed by atoms with E-state index in [4.69, 9.17) is 0 Å². The summed E-state index contributed by atoms with van der Waals surface area (Å²) in [6.45, 7) is 3.62. The predicted molar refractivity (Wildman–Crippen MR) is 72.1 cm³/mol. The summed E-state index contributed by atoms with van der Waals surface area (Å²) < 4.78 is 37.8. The molecule has 0 spiro atoms. The zero-order valence-corrected chi connectivity index (χ0v) is 11.7. The maximum atomic E-state index is 12.6. The van der Waals surface area contributed by atoms with Gasteiger partial charge in [0.15, 0.2) is 0 Å². The van der Waals surface area contributed by atoms with Gasteiger partial charge in [0.1, 0.15) is 0 Å². The van der Waals surface area contributed by atoms with E-state index < -0.39 is 11.7 Å².